The molecule has 0 spiro atoms. The number of ether oxygens (including phenoxy) is 1. The minimum Gasteiger partial charge on any atom is -0.372 e. The first-order valence-electron chi connectivity index (χ1n) is 5.25. The van der Waals surface area contributed by atoms with Gasteiger partial charge in [0.1, 0.15) is 0 Å². The second-order valence-corrected chi connectivity index (χ2v) is 5.22. The van der Waals surface area contributed by atoms with Crippen LogP contribution in [-0.4, -0.2) is 36.1 Å². The second kappa shape index (κ2) is 3.89. The fourth-order valence-electron chi connectivity index (χ4n) is 1.82. The largest absolute Gasteiger partial charge is 0.372 e. The number of carbonyl (C=O) groups excluding carboxylic acids is 1. The Labute approximate surface area is 86.4 Å². The molecule has 1 aliphatic heterocycles. The van der Waals surface area contributed by atoms with Gasteiger partial charge < -0.3 is 9.64 Å². The van der Waals surface area contributed by atoms with Gasteiger partial charge in [0.05, 0.1) is 12.2 Å². The van der Waals surface area contributed by atoms with E-state index in [1.807, 2.05) is 39.5 Å². The molecule has 0 unspecified atom stereocenters. The van der Waals surface area contributed by atoms with E-state index < -0.39 is 0 Å². The summed E-state index contributed by atoms with van der Waals surface area (Å²) in [4.78, 5) is 13.9. The van der Waals surface area contributed by atoms with Crippen LogP contribution in [0.2, 0.25) is 0 Å². The van der Waals surface area contributed by atoms with E-state index in [1.165, 1.54) is 0 Å². The molecule has 1 amide bonds. The molecule has 0 aromatic rings. The molecule has 1 saturated heterocycles. The smallest absolute Gasteiger partial charge is 0.228 e. The zero-order valence-electron chi connectivity index (χ0n) is 9.83. The average molecular weight is 199 g/mol. The predicted octanol–water partition coefficient (Wildman–Crippen LogP) is 1.67. The molecule has 0 aromatic heterocycles. The molecular weight excluding hydrogens is 178 g/mol. The van der Waals surface area contributed by atoms with Gasteiger partial charge in [-0.05, 0) is 13.8 Å². The zero-order chi connectivity index (χ0) is 10.9. The number of carbonyl (C=O) groups is 1. The SMILES string of the molecule is C[C@@H]1CN(C(=O)C(C)(C)C)C[C@@H](C)O1. The molecule has 1 aliphatic rings. The van der Waals surface area contributed by atoms with E-state index in [0.717, 1.165) is 13.1 Å². The number of rotatable bonds is 0. The van der Waals surface area contributed by atoms with Crippen molar-refractivity contribution < 1.29 is 9.53 Å². The molecule has 2 atom stereocenters. The Morgan fingerprint density at radius 2 is 1.64 bits per heavy atom. The zero-order valence-corrected chi connectivity index (χ0v) is 9.83. The van der Waals surface area contributed by atoms with E-state index in [1.54, 1.807) is 0 Å². The van der Waals surface area contributed by atoms with E-state index >= 15 is 0 Å². The van der Waals surface area contributed by atoms with Crippen LogP contribution in [0, 0.1) is 5.41 Å². The fraction of sp³-hybridized carbons (Fsp3) is 0.909. The molecule has 3 heteroatoms. The lowest BCUT2D eigenvalue weighted by Gasteiger charge is -2.38. The average Bonchev–Trinajstić information content (AvgIpc) is 1.99. The summed E-state index contributed by atoms with van der Waals surface area (Å²) in [5, 5.41) is 0. The van der Waals surface area contributed by atoms with E-state index in [2.05, 4.69) is 0 Å². The molecule has 0 aromatic carbocycles. The van der Waals surface area contributed by atoms with Crippen molar-refractivity contribution in [2.75, 3.05) is 13.1 Å². The van der Waals surface area contributed by atoms with Crippen molar-refractivity contribution in [3.63, 3.8) is 0 Å². The maximum atomic E-state index is 12.0. The van der Waals surface area contributed by atoms with Gasteiger partial charge in [0, 0.05) is 18.5 Å². The van der Waals surface area contributed by atoms with Crippen molar-refractivity contribution in [3.8, 4) is 0 Å². The maximum absolute atomic E-state index is 12.0. The van der Waals surface area contributed by atoms with Crippen LogP contribution >= 0.6 is 0 Å². The maximum Gasteiger partial charge on any atom is 0.228 e. The lowest BCUT2D eigenvalue weighted by Crippen LogP contribution is -2.51. The number of hydrogen-bond acceptors (Lipinski definition) is 2. The van der Waals surface area contributed by atoms with Gasteiger partial charge in [-0.15, -0.1) is 0 Å². The van der Waals surface area contributed by atoms with Gasteiger partial charge in [0.25, 0.3) is 0 Å². The number of morpholine rings is 1. The van der Waals surface area contributed by atoms with Gasteiger partial charge in [-0.3, -0.25) is 4.79 Å². The Hall–Kier alpha value is -0.570. The topological polar surface area (TPSA) is 29.5 Å². The van der Waals surface area contributed by atoms with Gasteiger partial charge in [0.2, 0.25) is 5.91 Å². The molecule has 1 heterocycles. The quantitative estimate of drug-likeness (QED) is 0.594. The molecular formula is C11H21NO2. The summed E-state index contributed by atoms with van der Waals surface area (Å²) in [6.45, 7) is 11.3. The third kappa shape index (κ3) is 2.71. The highest BCUT2D eigenvalue weighted by molar-refractivity contribution is 5.81. The molecule has 14 heavy (non-hydrogen) atoms. The van der Waals surface area contributed by atoms with Crippen molar-refractivity contribution in [3.05, 3.63) is 0 Å². The van der Waals surface area contributed by atoms with Crippen LogP contribution in [0.5, 0.6) is 0 Å². The Morgan fingerprint density at radius 3 is 2.00 bits per heavy atom. The minimum atomic E-state index is -0.281. The molecule has 0 bridgehead atoms. The van der Waals surface area contributed by atoms with E-state index in [0.29, 0.717) is 0 Å². The third-order valence-electron chi connectivity index (χ3n) is 2.35. The molecule has 1 rings (SSSR count). The molecule has 1 fully saturated rings. The summed E-state index contributed by atoms with van der Waals surface area (Å²) in [7, 11) is 0. The highest BCUT2D eigenvalue weighted by Gasteiger charge is 2.32. The molecule has 0 radical (unpaired) electrons. The van der Waals surface area contributed by atoms with Gasteiger partial charge in [-0.1, -0.05) is 20.8 Å². The first kappa shape index (κ1) is 11.5. The number of nitrogens with zero attached hydrogens (tertiary/aromatic N) is 1. The minimum absolute atomic E-state index is 0.157. The van der Waals surface area contributed by atoms with Crippen molar-refractivity contribution in [1.29, 1.82) is 0 Å². The summed E-state index contributed by atoms with van der Waals surface area (Å²) in [6.07, 6.45) is 0.315. The Kier molecular flexibility index (Phi) is 3.20. The highest BCUT2D eigenvalue weighted by Crippen LogP contribution is 2.20. The number of amides is 1. The Morgan fingerprint density at radius 1 is 1.21 bits per heavy atom. The predicted molar refractivity (Wildman–Crippen MR) is 56.0 cm³/mol. The third-order valence-corrected chi connectivity index (χ3v) is 2.35. The van der Waals surface area contributed by atoms with Crippen molar-refractivity contribution >= 4 is 5.91 Å². The van der Waals surface area contributed by atoms with Crippen molar-refractivity contribution in [1.82, 2.24) is 4.90 Å². The van der Waals surface area contributed by atoms with Crippen LogP contribution in [0.15, 0.2) is 0 Å². The Bertz CT molecular complexity index is 210. The van der Waals surface area contributed by atoms with Gasteiger partial charge in [0.15, 0.2) is 0 Å². The standard InChI is InChI=1S/C11H21NO2/c1-8-6-12(7-9(2)14-8)10(13)11(3,4)5/h8-9H,6-7H2,1-5H3/t8-,9-/m1/s1. The first-order chi connectivity index (χ1) is 6.30. The van der Waals surface area contributed by atoms with Crippen LogP contribution in [0.1, 0.15) is 34.6 Å². The van der Waals surface area contributed by atoms with Gasteiger partial charge in [-0.2, -0.15) is 0 Å². The molecule has 0 aliphatic carbocycles. The lowest BCUT2D eigenvalue weighted by molar-refractivity contribution is -0.151. The van der Waals surface area contributed by atoms with Crippen LogP contribution in [0.4, 0.5) is 0 Å². The normalized spacial score (nSPS) is 29.1. The molecule has 0 N–H and O–H groups in total. The number of hydrogen-bond donors (Lipinski definition) is 0. The Balaban J connectivity index is 2.64. The lowest BCUT2D eigenvalue weighted by atomic mass is 9.94. The van der Waals surface area contributed by atoms with Crippen molar-refractivity contribution in [2.24, 2.45) is 5.41 Å². The van der Waals surface area contributed by atoms with Crippen LogP contribution in [0.3, 0.4) is 0 Å². The summed E-state index contributed by atoms with van der Waals surface area (Å²) >= 11 is 0. The van der Waals surface area contributed by atoms with Crippen LogP contribution in [-0.2, 0) is 9.53 Å². The molecule has 82 valence electrons. The summed E-state index contributed by atoms with van der Waals surface area (Å²) in [5.74, 6) is 0.222. The van der Waals surface area contributed by atoms with Gasteiger partial charge in [-0.25, -0.2) is 0 Å². The van der Waals surface area contributed by atoms with Crippen molar-refractivity contribution in [2.45, 2.75) is 46.8 Å². The summed E-state index contributed by atoms with van der Waals surface area (Å²) < 4.78 is 5.59. The monoisotopic (exact) mass is 199 g/mol. The summed E-state index contributed by atoms with van der Waals surface area (Å²) in [5.41, 5.74) is -0.281. The van der Waals surface area contributed by atoms with Crippen LogP contribution in [0.25, 0.3) is 0 Å². The van der Waals surface area contributed by atoms with E-state index in [9.17, 15) is 4.79 Å². The van der Waals surface area contributed by atoms with E-state index in [4.69, 9.17) is 4.74 Å². The highest BCUT2D eigenvalue weighted by atomic mass is 16.5. The van der Waals surface area contributed by atoms with E-state index in [-0.39, 0.29) is 23.5 Å². The first-order valence-corrected chi connectivity index (χ1v) is 5.25. The van der Waals surface area contributed by atoms with Gasteiger partial charge >= 0.3 is 0 Å². The molecule has 0 saturated carbocycles. The van der Waals surface area contributed by atoms with Crippen LogP contribution < -0.4 is 0 Å². The summed E-state index contributed by atoms with van der Waals surface area (Å²) in [6, 6.07) is 0. The molecule has 3 nitrogen and oxygen atoms in total. The second-order valence-electron chi connectivity index (χ2n) is 5.22. The fourth-order valence-corrected chi connectivity index (χ4v) is 1.82.